The highest BCUT2D eigenvalue weighted by Gasteiger charge is 2.33. The fraction of sp³-hybridized carbons (Fsp3) is 0.625. The highest BCUT2D eigenvalue weighted by Crippen LogP contribution is 2.40. The van der Waals surface area contributed by atoms with Crippen molar-refractivity contribution in [2.45, 2.75) is 38.3 Å². The molecule has 1 fully saturated rings. The van der Waals surface area contributed by atoms with E-state index in [1.54, 1.807) is 0 Å². The first-order valence-electron chi connectivity index (χ1n) is 7.78. The van der Waals surface area contributed by atoms with Gasteiger partial charge in [-0.3, -0.25) is 0 Å². The van der Waals surface area contributed by atoms with Crippen LogP contribution in [-0.4, -0.2) is 32.2 Å². The first kappa shape index (κ1) is 11.6. The van der Waals surface area contributed by atoms with Crippen LogP contribution in [-0.2, 0) is 6.54 Å². The topological polar surface area (TPSA) is 18.5 Å². The molecular weight excluding hydrogens is 234 g/mol. The molecule has 3 nitrogen and oxygen atoms in total. The standard InChI is InChI=1S/C16H23N3/c1-2-6-14-12-18-10-8-17-11-13-5-4-7-15(16(13)18)19(14)9-3-1/h4-5,7,14,17H,1-3,6,8-12H2. The Morgan fingerprint density at radius 2 is 2.11 bits per heavy atom. The Morgan fingerprint density at radius 1 is 1.11 bits per heavy atom. The number of nitrogens with zero attached hydrogens (tertiary/aromatic N) is 2. The molecule has 1 saturated heterocycles. The molecule has 0 amide bonds. The minimum absolute atomic E-state index is 0.739. The van der Waals surface area contributed by atoms with E-state index in [-0.39, 0.29) is 0 Å². The predicted octanol–water partition coefficient (Wildman–Crippen LogP) is 2.36. The van der Waals surface area contributed by atoms with Crippen molar-refractivity contribution in [2.24, 2.45) is 0 Å². The van der Waals surface area contributed by atoms with Gasteiger partial charge in [0.25, 0.3) is 0 Å². The number of fused-ring (bicyclic) bond motifs is 2. The van der Waals surface area contributed by atoms with Crippen molar-refractivity contribution in [3.8, 4) is 0 Å². The molecule has 0 saturated carbocycles. The van der Waals surface area contributed by atoms with Crippen LogP contribution in [0.15, 0.2) is 18.2 Å². The second-order valence-electron chi connectivity index (χ2n) is 6.10. The van der Waals surface area contributed by atoms with Crippen LogP contribution in [0.5, 0.6) is 0 Å². The molecule has 3 heterocycles. The molecule has 3 aliphatic rings. The Balaban J connectivity index is 1.81. The van der Waals surface area contributed by atoms with Gasteiger partial charge >= 0.3 is 0 Å². The first-order chi connectivity index (χ1) is 9.43. The number of hydrogen-bond acceptors (Lipinski definition) is 3. The summed E-state index contributed by atoms with van der Waals surface area (Å²) in [5.74, 6) is 0. The molecule has 0 aliphatic carbocycles. The summed E-state index contributed by atoms with van der Waals surface area (Å²) in [5, 5.41) is 3.56. The first-order valence-corrected chi connectivity index (χ1v) is 7.78. The van der Waals surface area contributed by atoms with Crippen molar-refractivity contribution in [1.82, 2.24) is 5.32 Å². The molecule has 0 aromatic heterocycles. The zero-order chi connectivity index (χ0) is 12.7. The van der Waals surface area contributed by atoms with Crippen molar-refractivity contribution < 1.29 is 0 Å². The average molecular weight is 257 g/mol. The van der Waals surface area contributed by atoms with Crippen LogP contribution in [0, 0.1) is 0 Å². The fourth-order valence-corrected chi connectivity index (χ4v) is 3.99. The molecule has 19 heavy (non-hydrogen) atoms. The normalized spacial score (nSPS) is 26.2. The lowest BCUT2D eigenvalue weighted by molar-refractivity contribution is 0.537. The number of anilines is 2. The maximum atomic E-state index is 3.56. The van der Waals surface area contributed by atoms with Crippen molar-refractivity contribution in [3.63, 3.8) is 0 Å². The van der Waals surface area contributed by atoms with Crippen LogP contribution in [0.1, 0.15) is 31.2 Å². The Labute approximate surface area is 115 Å². The van der Waals surface area contributed by atoms with Crippen LogP contribution < -0.4 is 15.1 Å². The molecule has 0 bridgehead atoms. The second-order valence-corrected chi connectivity index (χ2v) is 6.10. The molecule has 1 aromatic carbocycles. The van der Waals surface area contributed by atoms with Crippen LogP contribution >= 0.6 is 0 Å². The van der Waals surface area contributed by atoms with E-state index in [4.69, 9.17) is 0 Å². The van der Waals surface area contributed by atoms with E-state index in [2.05, 4.69) is 33.3 Å². The summed E-state index contributed by atoms with van der Waals surface area (Å²) in [4.78, 5) is 5.34. The third-order valence-electron chi connectivity index (χ3n) is 4.91. The van der Waals surface area contributed by atoms with E-state index in [0.29, 0.717) is 0 Å². The summed E-state index contributed by atoms with van der Waals surface area (Å²) in [6, 6.07) is 7.62. The van der Waals surface area contributed by atoms with Crippen molar-refractivity contribution in [3.05, 3.63) is 23.8 Å². The van der Waals surface area contributed by atoms with Gasteiger partial charge < -0.3 is 15.1 Å². The molecular formula is C16H23N3. The highest BCUT2D eigenvalue weighted by molar-refractivity contribution is 5.78. The molecule has 1 atom stereocenters. The van der Waals surface area contributed by atoms with Crippen molar-refractivity contribution in [1.29, 1.82) is 0 Å². The molecule has 1 aromatic rings. The third kappa shape index (κ3) is 1.91. The summed E-state index contributed by atoms with van der Waals surface area (Å²) in [6.07, 6.45) is 5.54. The molecule has 3 aliphatic heterocycles. The predicted molar refractivity (Wildman–Crippen MR) is 80.0 cm³/mol. The molecule has 4 rings (SSSR count). The quantitative estimate of drug-likeness (QED) is 0.770. The van der Waals surface area contributed by atoms with Crippen LogP contribution in [0.4, 0.5) is 11.4 Å². The zero-order valence-electron chi connectivity index (χ0n) is 11.6. The summed E-state index contributed by atoms with van der Waals surface area (Å²) < 4.78 is 0. The molecule has 102 valence electrons. The van der Waals surface area contributed by atoms with Gasteiger partial charge in [-0.15, -0.1) is 0 Å². The minimum atomic E-state index is 0.739. The van der Waals surface area contributed by atoms with E-state index in [9.17, 15) is 0 Å². The van der Waals surface area contributed by atoms with Gasteiger partial charge in [0.05, 0.1) is 11.4 Å². The van der Waals surface area contributed by atoms with Crippen LogP contribution in [0.25, 0.3) is 0 Å². The summed E-state index contributed by atoms with van der Waals surface area (Å²) in [5.41, 5.74) is 4.50. The highest BCUT2D eigenvalue weighted by atomic mass is 15.3. The summed E-state index contributed by atoms with van der Waals surface area (Å²) in [6.45, 7) is 5.78. The Bertz CT molecular complexity index is 471. The van der Waals surface area contributed by atoms with E-state index in [0.717, 1.165) is 25.7 Å². The monoisotopic (exact) mass is 257 g/mol. The smallest absolute Gasteiger partial charge is 0.0650 e. The maximum Gasteiger partial charge on any atom is 0.0650 e. The average Bonchev–Trinajstić information content (AvgIpc) is 2.79. The van der Waals surface area contributed by atoms with Gasteiger partial charge in [0.15, 0.2) is 0 Å². The second kappa shape index (κ2) is 4.71. The Hall–Kier alpha value is -1.22. The van der Waals surface area contributed by atoms with Gasteiger partial charge in [0.2, 0.25) is 0 Å². The SMILES string of the molecule is c1cc2c3c(c1)N1CCCCCC1CN3CCNC2. The van der Waals surface area contributed by atoms with Crippen molar-refractivity contribution >= 4 is 11.4 Å². The number of hydrogen-bond donors (Lipinski definition) is 1. The number of rotatable bonds is 0. The van der Waals surface area contributed by atoms with Crippen LogP contribution in [0.3, 0.4) is 0 Å². The van der Waals surface area contributed by atoms with E-state index in [1.807, 2.05) is 0 Å². The van der Waals surface area contributed by atoms with Gasteiger partial charge in [-0.05, 0) is 24.5 Å². The largest absolute Gasteiger partial charge is 0.366 e. The van der Waals surface area contributed by atoms with Gasteiger partial charge in [0, 0.05) is 38.8 Å². The maximum absolute atomic E-state index is 3.56. The lowest BCUT2D eigenvalue weighted by Gasteiger charge is -2.44. The minimum Gasteiger partial charge on any atom is -0.366 e. The molecule has 0 radical (unpaired) electrons. The lowest BCUT2D eigenvalue weighted by atomic mass is 10.0. The summed E-state index contributed by atoms with van der Waals surface area (Å²) >= 11 is 0. The van der Waals surface area contributed by atoms with E-state index in [1.165, 1.54) is 55.7 Å². The van der Waals surface area contributed by atoms with Gasteiger partial charge in [0.1, 0.15) is 0 Å². The fourth-order valence-electron chi connectivity index (χ4n) is 3.99. The summed E-state index contributed by atoms with van der Waals surface area (Å²) in [7, 11) is 0. The third-order valence-corrected chi connectivity index (χ3v) is 4.91. The molecule has 3 heteroatoms. The number of nitrogens with one attached hydrogen (secondary N) is 1. The van der Waals surface area contributed by atoms with Crippen molar-refractivity contribution in [2.75, 3.05) is 36.0 Å². The molecule has 0 spiro atoms. The van der Waals surface area contributed by atoms with Gasteiger partial charge in [-0.25, -0.2) is 0 Å². The number of para-hydroxylation sites is 1. The Kier molecular flexibility index (Phi) is 2.87. The van der Waals surface area contributed by atoms with E-state index >= 15 is 0 Å². The number of benzene rings is 1. The van der Waals surface area contributed by atoms with E-state index < -0.39 is 0 Å². The molecule has 1 unspecified atom stereocenters. The zero-order valence-corrected chi connectivity index (χ0v) is 11.6. The van der Waals surface area contributed by atoms with Crippen LogP contribution in [0.2, 0.25) is 0 Å². The lowest BCUT2D eigenvalue weighted by Crippen LogP contribution is -2.49. The van der Waals surface area contributed by atoms with Gasteiger partial charge in [-0.1, -0.05) is 25.0 Å². The van der Waals surface area contributed by atoms with Gasteiger partial charge in [-0.2, -0.15) is 0 Å². The Morgan fingerprint density at radius 3 is 3.11 bits per heavy atom. The molecule has 1 N–H and O–H groups in total.